The Kier molecular flexibility index (Phi) is 4.04. The number of hydrogen-bond donors (Lipinski definition) is 4. The molecule has 0 bridgehead atoms. The fourth-order valence-corrected chi connectivity index (χ4v) is 3.23. The van der Waals surface area contributed by atoms with Crippen LogP contribution in [0.4, 0.5) is 17.6 Å². The molecule has 4 aromatic rings. The minimum Gasteiger partial charge on any atom is -0.479 e. The van der Waals surface area contributed by atoms with Crippen LogP contribution in [0.15, 0.2) is 36.5 Å². The van der Waals surface area contributed by atoms with E-state index >= 15 is 0 Å². The van der Waals surface area contributed by atoms with Crippen LogP contribution in [0, 0.1) is 0 Å². The molecule has 0 atom stereocenters. The van der Waals surface area contributed by atoms with Crippen molar-refractivity contribution in [3.63, 3.8) is 0 Å². The van der Waals surface area contributed by atoms with E-state index in [-0.39, 0.29) is 0 Å². The average molecular weight is 376 g/mol. The zero-order valence-electron chi connectivity index (χ0n) is 15.4. The first-order valence-electron chi connectivity index (χ1n) is 9.19. The summed E-state index contributed by atoms with van der Waals surface area (Å²) >= 11 is 0. The Morgan fingerprint density at radius 2 is 2.07 bits per heavy atom. The quantitative estimate of drug-likeness (QED) is 0.391. The Morgan fingerprint density at radius 1 is 1.14 bits per heavy atom. The first-order valence-corrected chi connectivity index (χ1v) is 9.19. The molecule has 142 valence electrons. The smallest absolute Gasteiger partial charge is 0.240 e. The number of aromatic amines is 2. The molecule has 0 amide bonds. The van der Waals surface area contributed by atoms with Gasteiger partial charge in [-0.15, -0.1) is 5.10 Å². The van der Waals surface area contributed by atoms with Gasteiger partial charge in [0.1, 0.15) is 5.82 Å². The number of H-pyrrole nitrogens is 2. The van der Waals surface area contributed by atoms with E-state index in [0.717, 1.165) is 22.3 Å². The molecular weight excluding hydrogens is 356 g/mol. The maximum Gasteiger partial charge on any atom is 0.240 e. The van der Waals surface area contributed by atoms with Gasteiger partial charge in [-0.25, -0.2) is 4.98 Å². The van der Waals surface area contributed by atoms with Crippen LogP contribution in [0.2, 0.25) is 0 Å². The number of methoxy groups -OCH3 is 1. The molecule has 4 N–H and O–H groups in total. The molecule has 3 aromatic heterocycles. The molecule has 1 fully saturated rings. The van der Waals surface area contributed by atoms with E-state index < -0.39 is 0 Å². The van der Waals surface area contributed by atoms with Crippen molar-refractivity contribution in [3.05, 3.63) is 47.8 Å². The van der Waals surface area contributed by atoms with Gasteiger partial charge in [0, 0.05) is 30.4 Å². The molecule has 1 aromatic carbocycles. The molecule has 5 rings (SSSR count). The van der Waals surface area contributed by atoms with Gasteiger partial charge in [-0.2, -0.15) is 10.1 Å². The third kappa shape index (κ3) is 3.22. The van der Waals surface area contributed by atoms with Gasteiger partial charge in [0.2, 0.25) is 11.8 Å². The van der Waals surface area contributed by atoms with Crippen LogP contribution in [0.1, 0.15) is 30.0 Å². The van der Waals surface area contributed by atoms with E-state index in [1.165, 1.54) is 18.5 Å². The van der Waals surface area contributed by atoms with Crippen LogP contribution in [0.5, 0.6) is 5.88 Å². The second kappa shape index (κ2) is 6.84. The standard InChI is InChI=1S/C19H20N8O/c1-28-18-17-12(3-2-4-13(17)24-27-18)10-21-19-20-8-7-15(23-19)22-16-9-14(25-26-16)11-5-6-11/h2-4,7-9,11H,5-6,10H2,1H3,(H,24,27)(H3,20,21,22,23,25,26). The monoisotopic (exact) mass is 376 g/mol. The van der Waals surface area contributed by atoms with Gasteiger partial charge in [-0.1, -0.05) is 12.1 Å². The van der Waals surface area contributed by atoms with E-state index in [1.807, 2.05) is 30.3 Å². The lowest BCUT2D eigenvalue weighted by molar-refractivity contribution is 0.401. The Hall–Kier alpha value is -3.62. The summed E-state index contributed by atoms with van der Waals surface area (Å²) in [6.45, 7) is 0.547. The van der Waals surface area contributed by atoms with Crippen molar-refractivity contribution >= 4 is 28.5 Å². The molecule has 9 nitrogen and oxygen atoms in total. The van der Waals surface area contributed by atoms with Gasteiger partial charge >= 0.3 is 0 Å². The second-order valence-corrected chi connectivity index (χ2v) is 6.80. The van der Waals surface area contributed by atoms with Gasteiger partial charge in [0.05, 0.1) is 18.0 Å². The molecule has 0 aliphatic heterocycles. The number of anilines is 3. The van der Waals surface area contributed by atoms with Crippen LogP contribution in [0.3, 0.4) is 0 Å². The Balaban J connectivity index is 1.31. The van der Waals surface area contributed by atoms with E-state index in [9.17, 15) is 0 Å². The highest BCUT2D eigenvalue weighted by Crippen LogP contribution is 2.39. The summed E-state index contributed by atoms with van der Waals surface area (Å²) in [4.78, 5) is 8.83. The van der Waals surface area contributed by atoms with E-state index in [4.69, 9.17) is 4.74 Å². The summed E-state index contributed by atoms with van der Waals surface area (Å²) in [5.41, 5.74) is 3.15. The minimum absolute atomic E-state index is 0.530. The summed E-state index contributed by atoms with van der Waals surface area (Å²) in [5.74, 6) is 3.19. The lowest BCUT2D eigenvalue weighted by Gasteiger charge is -2.08. The summed E-state index contributed by atoms with van der Waals surface area (Å²) in [7, 11) is 1.61. The molecule has 1 aliphatic carbocycles. The van der Waals surface area contributed by atoms with Crippen molar-refractivity contribution in [1.82, 2.24) is 30.4 Å². The van der Waals surface area contributed by atoms with Crippen LogP contribution >= 0.6 is 0 Å². The first-order chi connectivity index (χ1) is 13.8. The third-order valence-electron chi connectivity index (χ3n) is 4.80. The number of aromatic nitrogens is 6. The van der Waals surface area contributed by atoms with Crippen LogP contribution < -0.4 is 15.4 Å². The lowest BCUT2D eigenvalue weighted by atomic mass is 10.1. The number of nitrogens with zero attached hydrogens (tertiary/aromatic N) is 4. The summed E-state index contributed by atoms with van der Waals surface area (Å²) in [6, 6.07) is 9.83. The Labute approximate surface area is 160 Å². The van der Waals surface area contributed by atoms with E-state index in [0.29, 0.717) is 30.1 Å². The number of rotatable bonds is 7. The van der Waals surface area contributed by atoms with Gasteiger partial charge in [-0.3, -0.25) is 10.2 Å². The summed E-state index contributed by atoms with van der Waals surface area (Å²) < 4.78 is 5.35. The molecule has 9 heteroatoms. The van der Waals surface area contributed by atoms with E-state index in [1.54, 1.807) is 13.3 Å². The van der Waals surface area contributed by atoms with Crippen LogP contribution in [-0.4, -0.2) is 37.5 Å². The van der Waals surface area contributed by atoms with E-state index in [2.05, 4.69) is 41.0 Å². The Bertz CT molecular complexity index is 1110. The molecular formula is C19H20N8O. The largest absolute Gasteiger partial charge is 0.479 e. The minimum atomic E-state index is 0.530. The normalized spacial score (nSPS) is 13.6. The van der Waals surface area contributed by atoms with Gasteiger partial charge in [-0.05, 0) is 30.5 Å². The van der Waals surface area contributed by atoms with Crippen molar-refractivity contribution in [2.24, 2.45) is 0 Å². The number of fused-ring (bicyclic) bond motifs is 1. The van der Waals surface area contributed by atoms with Gasteiger partial charge in [0.25, 0.3) is 0 Å². The lowest BCUT2D eigenvalue weighted by Crippen LogP contribution is -2.05. The van der Waals surface area contributed by atoms with Crippen molar-refractivity contribution < 1.29 is 4.74 Å². The fourth-order valence-electron chi connectivity index (χ4n) is 3.23. The molecule has 0 radical (unpaired) electrons. The highest BCUT2D eigenvalue weighted by atomic mass is 16.5. The van der Waals surface area contributed by atoms with Crippen molar-refractivity contribution in [1.29, 1.82) is 0 Å². The van der Waals surface area contributed by atoms with Crippen molar-refractivity contribution in [2.45, 2.75) is 25.3 Å². The molecule has 0 saturated heterocycles. The zero-order valence-corrected chi connectivity index (χ0v) is 15.4. The number of benzene rings is 1. The predicted octanol–water partition coefficient (Wildman–Crippen LogP) is 3.32. The number of ether oxygens (including phenoxy) is 1. The highest BCUT2D eigenvalue weighted by molar-refractivity contribution is 5.87. The molecule has 28 heavy (non-hydrogen) atoms. The van der Waals surface area contributed by atoms with Gasteiger partial charge < -0.3 is 15.4 Å². The van der Waals surface area contributed by atoms with Crippen LogP contribution in [0.25, 0.3) is 10.9 Å². The third-order valence-corrected chi connectivity index (χ3v) is 4.80. The summed E-state index contributed by atoms with van der Waals surface area (Å²) in [6.07, 6.45) is 4.18. The topological polar surface area (TPSA) is 116 Å². The maximum absolute atomic E-state index is 5.35. The fraction of sp³-hybridized carbons (Fsp3) is 0.263. The van der Waals surface area contributed by atoms with Crippen molar-refractivity contribution in [2.75, 3.05) is 17.7 Å². The second-order valence-electron chi connectivity index (χ2n) is 6.80. The molecule has 3 heterocycles. The SMILES string of the molecule is COc1n[nH]c2cccc(CNc3nccc(Nc4cc(C5CC5)[nH]n4)n3)c12. The molecule has 1 saturated carbocycles. The first kappa shape index (κ1) is 16.5. The predicted molar refractivity (Wildman–Crippen MR) is 106 cm³/mol. The number of hydrogen-bond acceptors (Lipinski definition) is 7. The Morgan fingerprint density at radius 3 is 2.93 bits per heavy atom. The maximum atomic E-state index is 5.35. The highest BCUT2D eigenvalue weighted by Gasteiger charge is 2.25. The van der Waals surface area contributed by atoms with Crippen molar-refractivity contribution in [3.8, 4) is 5.88 Å². The number of nitrogens with one attached hydrogen (secondary N) is 4. The van der Waals surface area contributed by atoms with Crippen LogP contribution in [-0.2, 0) is 6.54 Å². The molecule has 0 spiro atoms. The molecule has 1 aliphatic rings. The summed E-state index contributed by atoms with van der Waals surface area (Å²) in [5, 5.41) is 22.0. The van der Waals surface area contributed by atoms with Gasteiger partial charge in [0.15, 0.2) is 5.82 Å². The zero-order chi connectivity index (χ0) is 18.9. The average Bonchev–Trinajstić information content (AvgIpc) is 3.32. The molecule has 0 unspecified atom stereocenters.